The van der Waals surface area contributed by atoms with E-state index in [0.717, 1.165) is 57.4 Å². The summed E-state index contributed by atoms with van der Waals surface area (Å²) in [4.78, 5) is 29.5. The SMILES string of the molecule is Cc1ccc(N(CC(=O)N(Cc2cccc(Br)c2)[C@@H](Cc2ccccc2)C(=O)NC2CCCC2)S(C)(=O)=O)cc1. The monoisotopic (exact) mass is 625 g/mol. The summed E-state index contributed by atoms with van der Waals surface area (Å²) >= 11 is 3.50. The summed E-state index contributed by atoms with van der Waals surface area (Å²) in [6.07, 6.45) is 5.36. The Morgan fingerprint density at radius 3 is 2.23 bits per heavy atom. The number of sulfonamides is 1. The lowest BCUT2D eigenvalue weighted by atomic mass is 10.0. The average Bonchev–Trinajstić information content (AvgIpc) is 3.43. The number of carbonyl (C=O) groups excluding carboxylic acids is 2. The molecule has 1 N–H and O–H groups in total. The molecule has 0 heterocycles. The molecule has 1 aliphatic carbocycles. The molecule has 3 aromatic rings. The molecule has 0 bridgehead atoms. The third-order valence-electron chi connectivity index (χ3n) is 7.22. The summed E-state index contributed by atoms with van der Waals surface area (Å²) in [7, 11) is -3.78. The molecule has 2 amide bonds. The van der Waals surface area contributed by atoms with Crippen molar-refractivity contribution in [1.29, 1.82) is 0 Å². The number of nitrogens with one attached hydrogen (secondary N) is 1. The fourth-order valence-corrected chi connectivity index (χ4v) is 6.37. The van der Waals surface area contributed by atoms with Gasteiger partial charge in [-0.15, -0.1) is 0 Å². The second kappa shape index (κ2) is 13.5. The Morgan fingerprint density at radius 1 is 0.950 bits per heavy atom. The first-order valence-electron chi connectivity index (χ1n) is 13.5. The molecule has 0 unspecified atom stereocenters. The van der Waals surface area contributed by atoms with Crippen molar-refractivity contribution in [3.63, 3.8) is 0 Å². The van der Waals surface area contributed by atoms with Crippen molar-refractivity contribution >= 4 is 43.5 Å². The molecule has 0 spiro atoms. The minimum absolute atomic E-state index is 0.0775. The van der Waals surface area contributed by atoms with E-state index in [9.17, 15) is 18.0 Å². The van der Waals surface area contributed by atoms with E-state index in [2.05, 4.69) is 21.2 Å². The van der Waals surface area contributed by atoms with Crippen molar-refractivity contribution in [3.05, 3.63) is 100 Å². The molecule has 3 aromatic carbocycles. The van der Waals surface area contributed by atoms with E-state index in [0.29, 0.717) is 12.1 Å². The van der Waals surface area contributed by atoms with Gasteiger partial charge in [0.2, 0.25) is 21.8 Å². The number of rotatable bonds is 11. The summed E-state index contributed by atoms with van der Waals surface area (Å²) < 4.78 is 27.7. The highest BCUT2D eigenvalue weighted by Gasteiger charge is 2.34. The predicted octanol–water partition coefficient (Wildman–Crippen LogP) is 5.22. The van der Waals surface area contributed by atoms with Crippen LogP contribution in [0.2, 0.25) is 0 Å². The summed E-state index contributed by atoms with van der Waals surface area (Å²) in [6.45, 7) is 1.65. The van der Waals surface area contributed by atoms with E-state index in [-0.39, 0.29) is 18.5 Å². The van der Waals surface area contributed by atoms with Crippen molar-refractivity contribution in [2.24, 2.45) is 0 Å². The highest BCUT2D eigenvalue weighted by atomic mass is 79.9. The molecule has 40 heavy (non-hydrogen) atoms. The second-order valence-corrected chi connectivity index (χ2v) is 13.3. The number of halogens is 1. The maximum Gasteiger partial charge on any atom is 0.244 e. The highest BCUT2D eigenvalue weighted by molar-refractivity contribution is 9.10. The van der Waals surface area contributed by atoms with Crippen LogP contribution in [0, 0.1) is 6.92 Å². The van der Waals surface area contributed by atoms with Gasteiger partial charge in [0.05, 0.1) is 11.9 Å². The first-order chi connectivity index (χ1) is 19.1. The van der Waals surface area contributed by atoms with Gasteiger partial charge in [0.15, 0.2) is 0 Å². The maximum atomic E-state index is 14.1. The van der Waals surface area contributed by atoms with Gasteiger partial charge in [0.1, 0.15) is 12.6 Å². The standard InChI is InChI=1S/C31H36BrN3O4S/c1-23-15-17-28(18-16-23)35(40(2,38)39)22-30(36)34(21-25-11-8-12-26(32)19-25)29(20-24-9-4-3-5-10-24)31(37)33-27-13-6-7-14-27/h3-5,8-12,15-19,27,29H,6-7,13-14,20-22H2,1-2H3,(H,33,37)/t29-/m0/s1. The van der Waals surface area contributed by atoms with Crippen molar-refractivity contribution < 1.29 is 18.0 Å². The lowest BCUT2D eigenvalue weighted by molar-refractivity contribution is -0.140. The van der Waals surface area contributed by atoms with E-state index in [1.54, 1.807) is 12.1 Å². The number of hydrogen-bond donors (Lipinski definition) is 1. The molecule has 4 rings (SSSR count). The van der Waals surface area contributed by atoms with Gasteiger partial charge < -0.3 is 10.2 Å². The van der Waals surface area contributed by atoms with E-state index in [1.807, 2.05) is 73.7 Å². The molecular formula is C31H36BrN3O4S. The Balaban J connectivity index is 1.72. The highest BCUT2D eigenvalue weighted by Crippen LogP contribution is 2.23. The molecule has 9 heteroatoms. The number of aryl methyl sites for hydroxylation is 1. The molecule has 1 atom stereocenters. The third-order valence-corrected chi connectivity index (χ3v) is 8.85. The van der Waals surface area contributed by atoms with E-state index in [1.165, 1.54) is 4.90 Å². The molecule has 1 saturated carbocycles. The number of hydrogen-bond acceptors (Lipinski definition) is 4. The Hall–Kier alpha value is -3.17. The fraction of sp³-hybridized carbons (Fsp3) is 0.355. The van der Waals surface area contributed by atoms with Crippen molar-refractivity contribution in [3.8, 4) is 0 Å². The van der Waals surface area contributed by atoms with Gasteiger partial charge in [-0.05, 0) is 55.2 Å². The summed E-state index contributed by atoms with van der Waals surface area (Å²) in [5.41, 5.74) is 3.13. The van der Waals surface area contributed by atoms with Gasteiger partial charge in [-0.3, -0.25) is 13.9 Å². The van der Waals surface area contributed by atoms with Crippen LogP contribution in [0.1, 0.15) is 42.4 Å². The number of carbonyl (C=O) groups is 2. The molecule has 212 valence electrons. The van der Waals surface area contributed by atoms with Crippen molar-refractivity contribution in [1.82, 2.24) is 10.2 Å². The molecule has 0 radical (unpaired) electrons. The maximum absolute atomic E-state index is 14.1. The quantitative estimate of drug-likeness (QED) is 0.316. The second-order valence-electron chi connectivity index (χ2n) is 10.5. The van der Waals surface area contributed by atoms with Crippen molar-refractivity contribution in [2.75, 3.05) is 17.1 Å². The van der Waals surface area contributed by atoms with Crippen LogP contribution in [-0.4, -0.2) is 50.0 Å². The Morgan fingerprint density at radius 2 is 1.60 bits per heavy atom. The Bertz CT molecular complexity index is 1410. The van der Waals surface area contributed by atoms with Crippen LogP contribution in [0.3, 0.4) is 0 Å². The lowest BCUT2D eigenvalue weighted by Gasteiger charge is -2.34. The molecule has 1 fully saturated rings. The van der Waals surface area contributed by atoms with Crippen LogP contribution >= 0.6 is 15.9 Å². The number of anilines is 1. The zero-order valence-corrected chi connectivity index (χ0v) is 25.3. The van der Waals surface area contributed by atoms with E-state index in [4.69, 9.17) is 0 Å². The normalized spacial score (nSPS) is 14.5. The first-order valence-corrected chi connectivity index (χ1v) is 16.2. The van der Waals surface area contributed by atoms with Crippen molar-refractivity contribution in [2.45, 2.75) is 57.7 Å². The smallest absolute Gasteiger partial charge is 0.244 e. The van der Waals surface area contributed by atoms with Gasteiger partial charge in [-0.1, -0.05) is 88.9 Å². The number of nitrogens with zero attached hydrogens (tertiary/aromatic N) is 2. The average molecular weight is 627 g/mol. The molecule has 0 aliphatic heterocycles. The summed E-state index contributed by atoms with van der Waals surface area (Å²) in [5, 5.41) is 3.18. The van der Waals surface area contributed by atoms with Crippen LogP contribution in [-0.2, 0) is 32.6 Å². The van der Waals surface area contributed by atoms with Crippen LogP contribution in [0.25, 0.3) is 0 Å². The third kappa shape index (κ3) is 8.17. The van der Waals surface area contributed by atoms with Gasteiger partial charge in [0.25, 0.3) is 0 Å². The first kappa shape index (κ1) is 29.8. The number of benzene rings is 3. The Labute approximate surface area is 245 Å². The minimum atomic E-state index is -3.78. The fourth-order valence-electron chi connectivity index (χ4n) is 5.08. The largest absolute Gasteiger partial charge is 0.352 e. The van der Waals surface area contributed by atoms with E-state index >= 15 is 0 Å². The zero-order valence-electron chi connectivity index (χ0n) is 22.9. The predicted molar refractivity (Wildman–Crippen MR) is 162 cm³/mol. The molecular weight excluding hydrogens is 590 g/mol. The summed E-state index contributed by atoms with van der Waals surface area (Å²) in [5.74, 6) is -0.672. The zero-order chi connectivity index (χ0) is 28.7. The minimum Gasteiger partial charge on any atom is -0.352 e. The Kier molecular flexibility index (Phi) is 10.0. The molecule has 0 aromatic heterocycles. The van der Waals surface area contributed by atoms with Crippen LogP contribution < -0.4 is 9.62 Å². The van der Waals surface area contributed by atoms with Gasteiger partial charge >= 0.3 is 0 Å². The van der Waals surface area contributed by atoms with Crippen LogP contribution in [0.15, 0.2) is 83.3 Å². The topological polar surface area (TPSA) is 86.8 Å². The molecule has 7 nitrogen and oxygen atoms in total. The van der Waals surface area contributed by atoms with E-state index < -0.39 is 28.5 Å². The lowest BCUT2D eigenvalue weighted by Crippen LogP contribution is -2.54. The van der Waals surface area contributed by atoms with Gasteiger partial charge in [-0.2, -0.15) is 0 Å². The molecule has 0 saturated heterocycles. The summed E-state index contributed by atoms with van der Waals surface area (Å²) in [6, 6.07) is 23.4. The van der Waals surface area contributed by atoms with Crippen LogP contribution in [0.5, 0.6) is 0 Å². The molecule has 1 aliphatic rings. The van der Waals surface area contributed by atoms with Crippen LogP contribution in [0.4, 0.5) is 5.69 Å². The number of amides is 2. The van der Waals surface area contributed by atoms with Gasteiger partial charge in [0, 0.05) is 23.5 Å². The van der Waals surface area contributed by atoms with Gasteiger partial charge in [-0.25, -0.2) is 8.42 Å².